The Hall–Kier alpha value is -3.56. The number of hydrogen-bond acceptors (Lipinski definition) is 5. The van der Waals surface area contributed by atoms with Crippen LogP contribution in [0.3, 0.4) is 0 Å². The van der Waals surface area contributed by atoms with Crippen LogP contribution in [0.25, 0.3) is 10.9 Å². The highest BCUT2D eigenvalue weighted by Crippen LogP contribution is 2.39. The van der Waals surface area contributed by atoms with Crippen LogP contribution in [0.15, 0.2) is 47.5 Å². The molecule has 0 atom stereocenters. The maximum absolute atomic E-state index is 13.9. The zero-order chi connectivity index (χ0) is 22.3. The molecule has 10 heteroatoms. The average Bonchev–Trinajstić information content (AvgIpc) is 2.75. The van der Waals surface area contributed by atoms with Crippen LogP contribution in [0, 0.1) is 0 Å². The van der Waals surface area contributed by atoms with E-state index in [0.717, 1.165) is 18.1 Å². The first-order chi connectivity index (χ1) is 14.7. The largest absolute Gasteiger partial charge is 0.477 e. The molecule has 0 bridgehead atoms. The lowest BCUT2D eigenvalue weighted by atomic mass is 10.0. The molecule has 0 spiro atoms. The minimum Gasteiger partial charge on any atom is -0.477 e. The highest BCUT2D eigenvalue weighted by molar-refractivity contribution is 5.94. The van der Waals surface area contributed by atoms with Crippen molar-refractivity contribution >= 4 is 28.4 Å². The number of hydrogen-bond donors (Lipinski definition) is 1. The van der Waals surface area contributed by atoms with Crippen molar-refractivity contribution in [1.82, 2.24) is 9.55 Å². The molecule has 1 saturated heterocycles. The van der Waals surface area contributed by atoms with Crippen LogP contribution in [0.5, 0.6) is 0 Å². The van der Waals surface area contributed by atoms with E-state index >= 15 is 0 Å². The first-order valence-electron chi connectivity index (χ1n) is 9.55. The molecule has 0 unspecified atom stereocenters. The summed E-state index contributed by atoms with van der Waals surface area (Å²) in [4.78, 5) is 31.7. The Morgan fingerprint density at radius 3 is 2.35 bits per heavy atom. The number of carbonyl (C=O) groups is 1. The predicted molar refractivity (Wildman–Crippen MR) is 110 cm³/mol. The van der Waals surface area contributed by atoms with Crippen molar-refractivity contribution in [2.45, 2.75) is 6.18 Å². The normalized spacial score (nSPS) is 14.8. The molecular formula is C21H19F3N4O3. The van der Waals surface area contributed by atoms with E-state index in [2.05, 4.69) is 4.98 Å². The molecule has 1 aliphatic rings. The van der Waals surface area contributed by atoms with Gasteiger partial charge in [-0.15, -0.1) is 0 Å². The van der Waals surface area contributed by atoms with Gasteiger partial charge in [-0.25, -0.2) is 9.78 Å². The molecule has 0 saturated carbocycles. The van der Waals surface area contributed by atoms with Crippen LogP contribution in [0.1, 0.15) is 15.9 Å². The Balaban J connectivity index is 1.77. The molecule has 162 valence electrons. The zero-order valence-electron chi connectivity index (χ0n) is 16.6. The van der Waals surface area contributed by atoms with Gasteiger partial charge >= 0.3 is 12.1 Å². The second-order valence-electron chi connectivity index (χ2n) is 7.33. The molecule has 0 amide bonds. The highest BCUT2D eigenvalue weighted by atomic mass is 19.4. The summed E-state index contributed by atoms with van der Waals surface area (Å²) in [7, 11) is 1.50. The third-order valence-corrected chi connectivity index (χ3v) is 5.44. The van der Waals surface area contributed by atoms with E-state index in [-0.39, 0.29) is 16.6 Å². The third-order valence-electron chi connectivity index (χ3n) is 5.44. The van der Waals surface area contributed by atoms with Gasteiger partial charge in [-0.05, 0) is 24.3 Å². The number of benzene rings is 1. The smallest absolute Gasteiger partial charge is 0.418 e. The fourth-order valence-electron chi connectivity index (χ4n) is 3.88. The molecule has 1 aliphatic heterocycles. The molecule has 1 fully saturated rings. The van der Waals surface area contributed by atoms with Gasteiger partial charge in [0.25, 0.3) is 0 Å². The molecule has 3 heterocycles. The van der Waals surface area contributed by atoms with E-state index in [1.54, 1.807) is 17.2 Å². The van der Waals surface area contributed by atoms with E-state index in [4.69, 9.17) is 0 Å². The summed E-state index contributed by atoms with van der Waals surface area (Å²) in [5.41, 5.74) is -2.24. The number of pyridine rings is 2. The number of piperazine rings is 1. The number of aromatic nitrogens is 2. The Morgan fingerprint density at radius 2 is 1.77 bits per heavy atom. The van der Waals surface area contributed by atoms with Gasteiger partial charge in [0, 0.05) is 51.0 Å². The number of carboxylic acids is 1. The third kappa shape index (κ3) is 3.80. The SMILES string of the molecule is Cn1cc(C(=O)O)c(=O)c2cc(C(F)(F)F)c(N3CCN(c4ccccn4)CC3)cc21. The molecule has 3 aromatic rings. The fraction of sp³-hybridized carbons (Fsp3) is 0.286. The Kier molecular flexibility index (Phi) is 5.08. The number of halogens is 3. The summed E-state index contributed by atoms with van der Waals surface area (Å²) in [6, 6.07) is 7.59. The van der Waals surface area contributed by atoms with Crippen molar-refractivity contribution in [2.75, 3.05) is 36.0 Å². The molecule has 7 nitrogen and oxygen atoms in total. The minimum atomic E-state index is -4.70. The summed E-state index contributed by atoms with van der Waals surface area (Å²) in [5, 5.41) is 8.93. The molecule has 0 aliphatic carbocycles. The van der Waals surface area contributed by atoms with Crippen LogP contribution in [0.4, 0.5) is 24.7 Å². The van der Waals surface area contributed by atoms with E-state index in [1.807, 2.05) is 17.0 Å². The molecular weight excluding hydrogens is 413 g/mol. The van der Waals surface area contributed by atoms with E-state index in [9.17, 15) is 27.9 Å². The van der Waals surface area contributed by atoms with Crippen molar-refractivity contribution in [1.29, 1.82) is 0 Å². The molecule has 1 N–H and O–H groups in total. The number of aryl methyl sites for hydroxylation is 1. The lowest BCUT2D eigenvalue weighted by molar-refractivity contribution is -0.137. The summed E-state index contributed by atoms with van der Waals surface area (Å²) in [5.74, 6) is -0.717. The van der Waals surface area contributed by atoms with Crippen molar-refractivity contribution in [3.05, 3.63) is 64.1 Å². The number of nitrogens with zero attached hydrogens (tertiary/aromatic N) is 4. The minimum absolute atomic E-state index is 0.0289. The van der Waals surface area contributed by atoms with Crippen LogP contribution in [-0.2, 0) is 13.2 Å². The average molecular weight is 432 g/mol. The molecule has 4 rings (SSSR count). The fourth-order valence-corrected chi connectivity index (χ4v) is 3.88. The van der Waals surface area contributed by atoms with Crippen LogP contribution < -0.4 is 15.2 Å². The van der Waals surface area contributed by atoms with Gasteiger partial charge in [-0.2, -0.15) is 13.2 Å². The summed E-state index contributed by atoms with van der Waals surface area (Å²) in [6.07, 6.45) is -1.91. The lowest BCUT2D eigenvalue weighted by Crippen LogP contribution is -2.47. The second-order valence-corrected chi connectivity index (χ2v) is 7.33. The Morgan fingerprint density at radius 1 is 1.10 bits per heavy atom. The lowest BCUT2D eigenvalue weighted by Gasteiger charge is -2.37. The monoisotopic (exact) mass is 432 g/mol. The van der Waals surface area contributed by atoms with Gasteiger partial charge in [0.05, 0.1) is 16.8 Å². The van der Waals surface area contributed by atoms with Gasteiger partial charge in [-0.3, -0.25) is 4.79 Å². The van der Waals surface area contributed by atoms with Gasteiger partial charge in [0.2, 0.25) is 5.43 Å². The predicted octanol–water partition coefficient (Wildman–Crippen LogP) is 2.98. The second kappa shape index (κ2) is 7.60. The Labute approximate surface area is 175 Å². The topological polar surface area (TPSA) is 78.7 Å². The van der Waals surface area contributed by atoms with Gasteiger partial charge < -0.3 is 19.5 Å². The van der Waals surface area contributed by atoms with Gasteiger partial charge in [-0.1, -0.05) is 6.07 Å². The maximum Gasteiger partial charge on any atom is 0.418 e. The number of rotatable bonds is 3. The number of alkyl halides is 3. The number of fused-ring (bicyclic) bond motifs is 1. The number of carboxylic acid groups (broad SMARTS) is 1. The molecule has 31 heavy (non-hydrogen) atoms. The van der Waals surface area contributed by atoms with Crippen molar-refractivity contribution in [2.24, 2.45) is 7.05 Å². The summed E-state index contributed by atoms with van der Waals surface area (Å²) in [6.45, 7) is 1.66. The van der Waals surface area contributed by atoms with Crippen molar-refractivity contribution in [3.63, 3.8) is 0 Å². The summed E-state index contributed by atoms with van der Waals surface area (Å²) < 4.78 is 43.0. The highest BCUT2D eigenvalue weighted by Gasteiger charge is 2.36. The Bertz CT molecular complexity index is 1200. The maximum atomic E-state index is 13.9. The zero-order valence-corrected chi connectivity index (χ0v) is 16.6. The quantitative estimate of drug-likeness (QED) is 0.686. The van der Waals surface area contributed by atoms with Crippen LogP contribution >= 0.6 is 0 Å². The summed E-state index contributed by atoms with van der Waals surface area (Å²) >= 11 is 0. The standard InChI is InChI=1S/C21H19F3N4O3/c1-26-12-14(20(30)31)19(29)13-10-15(21(22,23)24)17(11-16(13)26)27-6-8-28(9-7-27)18-4-2-3-5-25-18/h2-5,10-12H,6-9H2,1H3,(H,30,31). The molecule has 0 radical (unpaired) electrons. The van der Waals surface area contributed by atoms with Crippen LogP contribution in [-0.4, -0.2) is 46.8 Å². The van der Waals surface area contributed by atoms with E-state index in [0.29, 0.717) is 26.2 Å². The molecule has 2 aromatic heterocycles. The van der Waals surface area contributed by atoms with Crippen LogP contribution in [0.2, 0.25) is 0 Å². The first-order valence-corrected chi connectivity index (χ1v) is 9.55. The number of aromatic carboxylic acids is 1. The van der Waals surface area contributed by atoms with Crippen molar-refractivity contribution < 1.29 is 23.1 Å². The van der Waals surface area contributed by atoms with Crippen molar-refractivity contribution in [3.8, 4) is 0 Å². The van der Waals surface area contributed by atoms with E-state index < -0.39 is 28.7 Å². The molecule has 1 aromatic carbocycles. The van der Waals surface area contributed by atoms with Gasteiger partial charge in [0.1, 0.15) is 11.4 Å². The number of anilines is 2. The van der Waals surface area contributed by atoms with E-state index in [1.165, 1.54) is 17.7 Å². The first kappa shape index (κ1) is 20.7. The van der Waals surface area contributed by atoms with Gasteiger partial charge in [0.15, 0.2) is 0 Å².